The molecule has 7 heteroatoms. The summed E-state index contributed by atoms with van der Waals surface area (Å²) < 4.78 is 1.85. The van der Waals surface area contributed by atoms with Gasteiger partial charge in [-0.2, -0.15) is 0 Å². The van der Waals surface area contributed by atoms with Gasteiger partial charge in [0.25, 0.3) is 0 Å². The predicted octanol–water partition coefficient (Wildman–Crippen LogP) is 4.59. The molecule has 2 heterocycles. The first-order valence-electron chi connectivity index (χ1n) is 6.89. The van der Waals surface area contributed by atoms with Crippen molar-refractivity contribution >= 4 is 51.5 Å². The number of carbonyl (C=O) groups excluding carboxylic acids is 1. The third kappa shape index (κ3) is 3.58. The molecule has 0 saturated heterocycles. The standard InChI is InChI=1S/C16H13Cl2N3OS/c1-10(11-2-4-12(17)5-3-11)19-14(22)7-6-13-15(18)20-16-21(13)8-9-23-16/h2-10H,1H3,(H,19,22)/b7-6+. The Hall–Kier alpha value is -1.82. The molecule has 0 fully saturated rings. The van der Waals surface area contributed by atoms with Crippen LogP contribution >= 0.6 is 34.5 Å². The molecule has 0 radical (unpaired) electrons. The Morgan fingerprint density at radius 3 is 2.83 bits per heavy atom. The molecule has 118 valence electrons. The molecule has 23 heavy (non-hydrogen) atoms. The zero-order valence-electron chi connectivity index (χ0n) is 12.2. The van der Waals surface area contributed by atoms with Crippen LogP contribution in [0.2, 0.25) is 10.2 Å². The zero-order valence-corrected chi connectivity index (χ0v) is 14.5. The summed E-state index contributed by atoms with van der Waals surface area (Å²) >= 11 is 13.4. The van der Waals surface area contributed by atoms with Crippen molar-refractivity contribution in [2.75, 3.05) is 0 Å². The number of hydrogen-bond acceptors (Lipinski definition) is 3. The van der Waals surface area contributed by atoms with Crippen molar-refractivity contribution in [3.05, 3.63) is 63.4 Å². The molecule has 1 N–H and O–H groups in total. The predicted molar refractivity (Wildman–Crippen MR) is 95.1 cm³/mol. The fourth-order valence-corrected chi connectivity index (χ4v) is 3.31. The van der Waals surface area contributed by atoms with E-state index in [1.807, 2.05) is 35.0 Å². The molecule has 3 aromatic rings. The van der Waals surface area contributed by atoms with E-state index in [0.717, 1.165) is 10.5 Å². The Kier molecular flexibility index (Phi) is 4.71. The molecule has 0 bridgehead atoms. The number of aromatic nitrogens is 2. The summed E-state index contributed by atoms with van der Waals surface area (Å²) in [6.07, 6.45) is 4.99. The number of rotatable bonds is 4. The minimum absolute atomic E-state index is 0.119. The lowest BCUT2D eigenvalue weighted by Gasteiger charge is -2.12. The third-order valence-electron chi connectivity index (χ3n) is 3.38. The Morgan fingerprint density at radius 2 is 2.09 bits per heavy atom. The van der Waals surface area contributed by atoms with Gasteiger partial charge in [0.15, 0.2) is 10.1 Å². The highest BCUT2D eigenvalue weighted by Gasteiger charge is 2.10. The summed E-state index contributed by atoms with van der Waals surface area (Å²) in [6.45, 7) is 1.91. The van der Waals surface area contributed by atoms with E-state index in [1.165, 1.54) is 17.4 Å². The van der Waals surface area contributed by atoms with Gasteiger partial charge in [-0.25, -0.2) is 4.98 Å². The summed E-state index contributed by atoms with van der Waals surface area (Å²) in [7, 11) is 0. The van der Waals surface area contributed by atoms with Gasteiger partial charge in [-0.05, 0) is 30.7 Å². The zero-order chi connectivity index (χ0) is 16.4. The van der Waals surface area contributed by atoms with Gasteiger partial charge in [-0.15, -0.1) is 11.3 Å². The van der Waals surface area contributed by atoms with Crippen LogP contribution in [0.4, 0.5) is 0 Å². The normalized spacial score (nSPS) is 12.8. The molecular formula is C16H13Cl2N3OS. The SMILES string of the molecule is CC(NC(=O)/C=C/c1c(Cl)nc2sccn12)c1ccc(Cl)cc1. The van der Waals surface area contributed by atoms with Gasteiger partial charge < -0.3 is 5.32 Å². The Morgan fingerprint density at radius 1 is 1.35 bits per heavy atom. The van der Waals surface area contributed by atoms with E-state index in [9.17, 15) is 4.79 Å². The number of halogens is 2. The highest BCUT2D eigenvalue weighted by Crippen LogP contribution is 2.22. The van der Waals surface area contributed by atoms with Crippen molar-refractivity contribution < 1.29 is 4.79 Å². The second-order valence-corrected chi connectivity index (χ2v) is 6.63. The molecule has 0 spiro atoms. The second-order valence-electron chi connectivity index (χ2n) is 4.96. The molecular weight excluding hydrogens is 353 g/mol. The number of imidazole rings is 1. The number of benzene rings is 1. The molecule has 1 atom stereocenters. The molecule has 0 aliphatic carbocycles. The van der Waals surface area contributed by atoms with Crippen molar-refractivity contribution in [1.29, 1.82) is 0 Å². The van der Waals surface area contributed by atoms with Gasteiger partial charge in [0.2, 0.25) is 5.91 Å². The fourth-order valence-electron chi connectivity index (χ4n) is 2.18. The average molecular weight is 366 g/mol. The largest absolute Gasteiger partial charge is 0.346 e. The van der Waals surface area contributed by atoms with Gasteiger partial charge in [-0.3, -0.25) is 9.20 Å². The number of carbonyl (C=O) groups is 1. The quantitative estimate of drug-likeness (QED) is 0.687. The molecule has 4 nitrogen and oxygen atoms in total. The highest BCUT2D eigenvalue weighted by molar-refractivity contribution is 7.15. The number of thiazole rings is 1. The molecule has 1 unspecified atom stereocenters. The van der Waals surface area contributed by atoms with Crippen molar-refractivity contribution in [3.8, 4) is 0 Å². The lowest BCUT2D eigenvalue weighted by Crippen LogP contribution is -2.24. The van der Waals surface area contributed by atoms with E-state index >= 15 is 0 Å². The summed E-state index contributed by atoms with van der Waals surface area (Å²) in [5.74, 6) is -0.200. The van der Waals surface area contributed by atoms with Crippen molar-refractivity contribution in [3.63, 3.8) is 0 Å². The maximum Gasteiger partial charge on any atom is 0.244 e. The van der Waals surface area contributed by atoms with E-state index in [-0.39, 0.29) is 11.9 Å². The van der Waals surface area contributed by atoms with Crippen LogP contribution in [-0.2, 0) is 4.79 Å². The van der Waals surface area contributed by atoms with Crippen LogP contribution in [0.15, 0.2) is 41.9 Å². The van der Waals surface area contributed by atoms with E-state index in [2.05, 4.69) is 10.3 Å². The van der Waals surface area contributed by atoms with Crippen molar-refractivity contribution in [2.45, 2.75) is 13.0 Å². The van der Waals surface area contributed by atoms with Crippen LogP contribution in [0, 0.1) is 0 Å². The van der Waals surface area contributed by atoms with Gasteiger partial charge in [0, 0.05) is 22.7 Å². The molecule has 0 aliphatic heterocycles. The highest BCUT2D eigenvalue weighted by atomic mass is 35.5. The molecule has 0 saturated carbocycles. The number of nitrogens with zero attached hydrogens (tertiary/aromatic N) is 2. The van der Waals surface area contributed by atoms with Gasteiger partial charge in [0.1, 0.15) is 0 Å². The monoisotopic (exact) mass is 365 g/mol. The maximum atomic E-state index is 12.1. The Labute approximate surface area is 147 Å². The Balaban J connectivity index is 1.70. The Bertz CT molecular complexity index is 867. The lowest BCUT2D eigenvalue weighted by molar-refractivity contribution is -0.117. The van der Waals surface area contributed by atoms with E-state index in [4.69, 9.17) is 23.2 Å². The minimum atomic E-state index is -0.200. The number of hydrogen-bond donors (Lipinski definition) is 1. The minimum Gasteiger partial charge on any atom is -0.346 e. The third-order valence-corrected chi connectivity index (χ3v) is 4.66. The first kappa shape index (κ1) is 16.1. The summed E-state index contributed by atoms with van der Waals surface area (Å²) in [5, 5.41) is 5.87. The average Bonchev–Trinajstić information content (AvgIpc) is 3.06. The first-order valence-corrected chi connectivity index (χ1v) is 8.53. The summed E-state index contributed by atoms with van der Waals surface area (Å²) in [4.78, 5) is 17.1. The van der Waals surface area contributed by atoms with Crippen LogP contribution in [0.1, 0.15) is 24.2 Å². The fraction of sp³-hybridized carbons (Fsp3) is 0.125. The molecule has 0 aliphatic rings. The van der Waals surface area contributed by atoms with Crippen LogP contribution in [-0.4, -0.2) is 15.3 Å². The van der Waals surface area contributed by atoms with E-state index < -0.39 is 0 Å². The number of nitrogens with one attached hydrogen (secondary N) is 1. The van der Waals surface area contributed by atoms with Crippen molar-refractivity contribution in [2.24, 2.45) is 0 Å². The number of amides is 1. The second kappa shape index (κ2) is 6.74. The van der Waals surface area contributed by atoms with Gasteiger partial charge in [0.05, 0.1) is 11.7 Å². The molecule has 2 aromatic heterocycles. The van der Waals surface area contributed by atoms with Crippen LogP contribution in [0.5, 0.6) is 0 Å². The van der Waals surface area contributed by atoms with E-state index in [1.54, 1.807) is 18.2 Å². The lowest BCUT2D eigenvalue weighted by atomic mass is 10.1. The topological polar surface area (TPSA) is 46.4 Å². The van der Waals surface area contributed by atoms with Crippen LogP contribution in [0.3, 0.4) is 0 Å². The van der Waals surface area contributed by atoms with E-state index in [0.29, 0.717) is 15.9 Å². The van der Waals surface area contributed by atoms with Crippen LogP contribution in [0.25, 0.3) is 11.0 Å². The maximum absolute atomic E-state index is 12.1. The van der Waals surface area contributed by atoms with Gasteiger partial charge in [-0.1, -0.05) is 35.3 Å². The van der Waals surface area contributed by atoms with Gasteiger partial charge >= 0.3 is 0 Å². The smallest absolute Gasteiger partial charge is 0.244 e. The van der Waals surface area contributed by atoms with Crippen molar-refractivity contribution in [1.82, 2.24) is 14.7 Å². The molecule has 1 aromatic carbocycles. The molecule has 3 rings (SSSR count). The van der Waals surface area contributed by atoms with Crippen LogP contribution < -0.4 is 5.32 Å². The summed E-state index contributed by atoms with van der Waals surface area (Å²) in [5.41, 5.74) is 1.68. The number of fused-ring (bicyclic) bond motifs is 1. The molecule has 1 amide bonds. The first-order chi connectivity index (χ1) is 11.0. The summed E-state index contributed by atoms with van der Waals surface area (Å²) in [6, 6.07) is 7.26.